The minimum atomic E-state index is -1.05. The van der Waals surface area contributed by atoms with Crippen molar-refractivity contribution in [2.45, 2.75) is 13.8 Å². The molecule has 3 rings (SSSR count). The van der Waals surface area contributed by atoms with Crippen molar-refractivity contribution >= 4 is 38.7 Å². The summed E-state index contributed by atoms with van der Waals surface area (Å²) in [5, 5.41) is 9.04. The van der Waals surface area contributed by atoms with Gasteiger partial charge in [0.05, 0.1) is 11.0 Å². The molecule has 0 saturated carbocycles. The van der Waals surface area contributed by atoms with Crippen LogP contribution < -0.4 is 0 Å². The predicted octanol–water partition coefficient (Wildman–Crippen LogP) is 2.89. The molecule has 0 amide bonds. The molecule has 2 aromatic heterocycles. The van der Waals surface area contributed by atoms with Gasteiger partial charge in [-0.1, -0.05) is 0 Å². The summed E-state index contributed by atoms with van der Waals surface area (Å²) < 4.78 is 2.23. The number of carbonyl (C=O) groups is 1. The summed E-state index contributed by atoms with van der Waals surface area (Å²) in [6.07, 6.45) is 0. The van der Waals surface area contributed by atoms with E-state index in [1.165, 1.54) is 5.56 Å². The van der Waals surface area contributed by atoms with Crippen LogP contribution in [0.15, 0.2) is 16.7 Å². The highest BCUT2D eigenvalue weighted by Gasteiger charge is 2.19. The van der Waals surface area contributed by atoms with E-state index in [2.05, 4.69) is 25.9 Å². The molecule has 0 aliphatic rings. The van der Waals surface area contributed by atoms with Gasteiger partial charge >= 0.3 is 5.97 Å². The highest BCUT2D eigenvalue weighted by Crippen LogP contribution is 2.26. The monoisotopic (exact) mass is 307 g/mol. The van der Waals surface area contributed by atoms with Crippen molar-refractivity contribution in [1.82, 2.24) is 14.4 Å². The van der Waals surface area contributed by atoms with Gasteiger partial charge in [0.15, 0.2) is 5.69 Å². The average molecular weight is 308 g/mol. The first kappa shape index (κ1) is 11.3. The Balaban J connectivity index is 2.47. The molecular weight excluding hydrogens is 298 g/mol. The van der Waals surface area contributed by atoms with Crippen molar-refractivity contribution in [2.75, 3.05) is 0 Å². The second-order valence-corrected chi connectivity index (χ2v) is 5.05. The van der Waals surface area contributed by atoms with Crippen LogP contribution >= 0.6 is 15.9 Å². The summed E-state index contributed by atoms with van der Waals surface area (Å²) in [5.74, 6) is -0.518. The number of hydrogen-bond acceptors (Lipinski definition) is 2. The number of nitrogens with one attached hydrogen (secondary N) is 1. The Hall–Kier alpha value is -1.82. The van der Waals surface area contributed by atoms with Crippen LogP contribution in [0.5, 0.6) is 0 Å². The number of aromatic amines is 1. The molecule has 5 nitrogen and oxygen atoms in total. The second-order valence-electron chi connectivity index (χ2n) is 4.29. The zero-order chi connectivity index (χ0) is 13.0. The van der Waals surface area contributed by atoms with E-state index < -0.39 is 5.97 Å². The minimum absolute atomic E-state index is 0.0152. The number of hydrogen-bond donors (Lipinski definition) is 2. The maximum Gasteiger partial charge on any atom is 0.357 e. The third-order valence-corrected chi connectivity index (χ3v) is 3.85. The van der Waals surface area contributed by atoms with Gasteiger partial charge in [-0.15, -0.1) is 0 Å². The van der Waals surface area contributed by atoms with E-state index in [4.69, 9.17) is 5.11 Å². The van der Waals surface area contributed by atoms with Crippen molar-refractivity contribution in [1.29, 1.82) is 0 Å². The molecule has 0 fully saturated rings. The van der Waals surface area contributed by atoms with Crippen LogP contribution in [-0.4, -0.2) is 25.4 Å². The van der Waals surface area contributed by atoms with Crippen LogP contribution in [0.2, 0.25) is 0 Å². The number of nitrogens with zero attached hydrogens (tertiary/aromatic N) is 2. The molecule has 92 valence electrons. The number of fused-ring (bicyclic) bond motifs is 3. The first-order chi connectivity index (χ1) is 8.49. The van der Waals surface area contributed by atoms with Gasteiger partial charge in [-0.3, -0.25) is 4.40 Å². The van der Waals surface area contributed by atoms with Crippen LogP contribution in [0.1, 0.15) is 21.6 Å². The quantitative estimate of drug-likeness (QED) is 0.726. The van der Waals surface area contributed by atoms with Gasteiger partial charge in [0, 0.05) is 0 Å². The summed E-state index contributed by atoms with van der Waals surface area (Å²) in [6, 6.07) is 4.05. The number of carboxylic acid groups (broad SMARTS) is 1. The molecule has 0 unspecified atom stereocenters. The van der Waals surface area contributed by atoms with Crippen LogP contribution in [0.3, 0.4) is 0 Å². The first-order valence-corrected chi connectivity index (χ1v) is 6.18. The topological polar surface area (TPSA) is 70.4 Å². The number of benzene rings is 1. The van der Waals surface area contributed by atoms with E-state index in [0.29, 0.717) is 10.4 Å². The number of H-pyrrole nitrogens is 1. The van der Waals surface area contributed by atoms with E-state index in [1.54, 1.807) is 4.40 Å². The van der Waals surface area contributed by atoms with Crippen molar-refractivity contribution in [3.05, 3.63) is 33.6 Å². The van der Waals surface area contributed by atoms with E-state index >= 15 is 0 Å². The Labute approximate surface area is 111 Å². The van der Waals surface area contributed by atoms with E-state index in [1.807, 2.05) is 26.0 Å². The molecule has 6 heteroatoms. The summed E-state index contributed by atoms with van der Waals surface area (Å²) in [7, 11) is 0. The third-order valence-electron chi connectivity index (χ3n) is 3.12. The molecule has 0 aliphatic heterocycles. The molecule has 1 aromatic carbocycles. The molecule has 0 radical (unpaired) electrons. The molecule has 18 heavy (non-hydrogen) atoms. The predicted molar refractivity (Wildman–Crippen MR) is 71.2 cm³/mol. The molecule has 2 N–H and O–H groups in total. The smallest absolute Gasteiger partial charge is 0.357 e. The third kappa shape index (κ3) is 1.38. The minimum Gasteiger partial charge on any atom is -0.476 e. The Kier molecular flexibility index (Phi) is 2.25. The number of imidazole rings is 2. The van der Waals surface area contributed by atoms with E-state index in [-0.39, 0.29) is 5.69 Å². The van der Waals surface area contributed by atoms with Gasteiger partial charge in [-0.25, -0.2) is 9.78 Å². The summed E-state index contributed by atoms with van der Waals surface area (Å²) >= 11 is 3.30. The lowest BCUT2D eigenvalue weighted by atomic mass is 10.1. The fourth-order valence-electron chi connectivity index (χ4n) is 2.05. The molecule has 0 spiro atoms. The number of aromatic nitrogens is 3. The van der Waals surface area contributed by atoms with Gasteiger partial charge in [0.2, 0.25) is 5.78 Å². The first-order valence-electron chi connectivity index (χ1n) is 5.39. The Bertz CT molecular complexity index is 801. The van der Waals surface area contributed by atoms with Gasteiger partial charge in [-0.2, -0.15) is 0 Å². The van der Waals surface area contributed by atoms with Gasteiger partial charge in [0.25, 0.3) is 0 Å². The van der Waals surface area contributed by atoms with Gasteiger partial charge in [-0.05, 0) is 53.0 Å². The average Bonchev–Trinajstić information content (AvgIpc) is 2.78. The number of aromatic carboxylic acids is 1. The molecule has 0 saturated heterocycles. The van der Waals surface area contributed by atoms with E-state index in [0.717, 1.165) is 16.6 Å². The lowest BCUT2D eigenvalue weighted by Gasteiger charge is -2.00. The summed E-state index contributed by atoms with van der Waals surface area (Å²) in [5.41, 5.74) is 4.21. The maximum absolute atomic E-state index is 11.0. The number of halogens is 1. The highest BCUT2D eigenvalue weighted by atomic mass is 79.9. The maximum atomic E-state index is 11.0. The highest BCUT2D eigenvalue weighted by molar-refractivity contribution is 9.10. The molecule has 0 aliphatic carbocycles. The molecule has 3 aromatic rings. The van der Waals surface area contributed by atoms with E-state index in [9.17, 15) is 4.79 Å². The van der Waals surface area contributed by atoms with Crippen molar-refractivity contribution in [3.8, 4) is 0 Å². The van der Waals surface area contributed by atoms with Crippen LogP contribution in [-0.2, 0) is 0 Å². The Morgan fingerprint density at radius 3 is 2.72 bits per heavy atom. The standard InChI is InChI=1S/C12H10BrN3O2/c1-5-3-7-8(4-6(5)2)16-10(13)9(11(17)18)15-12(16)14-7/h3-4H,1-2H3,(H,14,15)(H,17,18). The zero-order valence-corrected chi connectivity index (χ0v) is 11.4. The largest absolute Gasteiger partial charge is 0.476 e. The summed E-state index contributed by atoms with van der Waals surface area (Å²) in [4.78, 5) is 18.2. The van der Waals surface area contributed by atoms with Crippen molar-refractivity contribution in [3.63, 3.8) is 0 Å². The van der Waals surface area contributed by atoms with Crippen LogP contribution in [0, 0.1) is 13.8 Å². The van der Waals surface area contributed by atoms with Gasteiger partial charge in [0.1, 0.15) is 4.60 Å². The van der Waals surface area contributed by atoms with Gasteiger partial charge < -0.3 is 10.1 Å². The van der Waals surface area contributed by atoms with Crippen LogP contribution in [0.25, 0.3) is 16.8 Å². The lowest BCUT2D eigenvalue weighted by Crippen LogP contribution is -1.97. The normalized spacial score (nSPS) is 11.5. The van der Waals surface area contributed by atoms with Crippen molar-refractivity contribution < 1.29 is 9.90 Å². The Morgan fingerprint density at radius 1 is 1.39 bits per heavy atom. The number of aryl methyl sites for hydroxylation is 2. The van der Waals surface area contributed by atoms with Crippen LogP contribution in [0.4, 0.5) is 0 Å². The van der Waals surface area contributed by atoms with Crippen molar-refractivity contribution in [2.24, 2.45) is 0 Å². The zero-order valence-electron chi connectivity index (χ0n) is 9.78. The molecule has 2 heterocycles. The lowest BCUT2D eigenvalue weighted by molar-refractivity contribution is 0.0690. The molecular formula is C12H10BrN3O2. The number of rotatable bonds is 1. The number of carboxylic acids is 1. The fourth-order valence-corrected chi connectivity index (χ4v) is 2.66. The second kappa shape index (κ2) is 3.58. The SMILES string of the molecule is Cc1cc2[nH]c3nc(C(=O)O)c(Br)n3c2cc1C. The molecule has 0 bridgehead atoms. The summed E-state index contributed by atoms with van der Waals surface area (Å²) in [6.45, 7) is 4.06. The molecule has 0 atom stereocenters. The fraction of sp³-hybridized carbons (Fsp3) is 0.167. The Morgan fingerprint density at radius 2 is 2.06 bits per heavy atom.